The lowest BCUT2D eigenvalue weighted by atomic mass is 9.67. The Bertz CT molecular complexity index is 1650. The Morgan fingerprint density at radius 2 is 1.88 bits per heavy atom. The number of carbonyl (C=O) groups excluding carboxylic acids is 2. The largest absolute Gasteiger partial charge is 0.480 e. The summed E-state index contributed by atoms with van der Waals surface area (Å²) in [6, 6.07) is 9.58. The van der Waals surface area contributed by atoms with Crippen molar-refractivity contribution in [2.24, 2.45) is 16.2 Å². The molecule has 4 rings (SSSR count). The molecule has 214 valence electrons. The molecule has 1 heterocycles. The van der Waals surface area contributed by atoms with Crippen LogP contribution in [0.5, 0.6) is 0 Å². The maximum Gasteiger partial charge on any atom is 0.324 e. The monoisotopic (exact) mass is 592 g/mol. The molecule has 0 aromatic heterocycles. The molecule has 4 N–H and O–H groups in total. The van der Waals surface area contributed by atoms with E-state index in [2.05, 4.69) is 15.2 Å². The number of fused-ring (bicyclic) bond motifs is 2. The van der Waals surface area contributed by atoms with E-state index in [0.29, 0.717) is 10.7 Å². The number of ketones is 2. The first kappa shape index (κ1) is 29.3. The maximum absolute atomic E-state index is 14.0. The summed E-state index contributed by atoms with van der Waals surface area (Å²) in [6.45, 7) is 2.91. The van der Waals surface area contributed by atoms with Gasteiger partial charge in [-0.25, -0.2) is 8.42 Å². The van der Waals surface area contributed by atoms with Gasteiger partial charge in [0.25, 0.3) is 10.0 Å². The SMILES string of the molecule is CC(C)CCC1(NO)C(=O)C(C2=NS(=O)(=O)c3cc(N(CC(=O)O)S(C)(=O)=O)ccc3N2)C(=O)c2ccccc21. The van der Waals surface area contributed by atoms with Crippen molar-refractivity contribution < 1.29 is 41.5 Å². The molecular formula is C25H28N4O9S2. The van der Waals surface area contributed by atoms with Gasteiger partial charge in [0.05, 0.1) is 17.6 Å². The molecule has 0 amide bonds. The molecule has 0 saturated heterocycles. The van der Waals surface area contributed by atoms with Gasteiger partial charge in [0.1, 0.15) is 28.7 Å². The van der Waals surface area contributed by atoms with Crippen LogP contribution in [0.4, 0.5) is 11.4 Å². The van der Waals surface area contributed by atoms with Crippen molar-refractivity contribution in [3.05, 3.63) is 53.6 Å². The predicted octanol–water partition coefficient (Wildman–Crippen LogP) is 1.74. The Morgan fingerprint density at radius 3 is 2.48 bits per heavy atom. The molecule has 40 heavy (non-hydrogen) atoms. The summed E-state index contributed by atoms with van der Waals surface area (Å²) in [5, 5.41) is 22.1. The van der Waals surface area contributed by atoms with Crippen LogP contribution < -0.4 is 15.1 Å². The van der Waals surface area contributed by atoms with Crippen molar-refractivity contribution in [2.45, 2.75) is 37.1 Å². The zero-order valence-corrected chi connectivity index (χ0v) is 23.4. The Balaban J connectivity index is 1.82. The van der Waals surface area contributed by atoms with Gasteiger partial charge in [-0.1, -0.05) is 38.1 Å². The van der Waals surface area contributed by atoms with Crippen LogP contribution in [-0.2, 0) is 35.2 Å². The highest BCUT2D eigenvalue weighted by atomic mass is 32.2. The van der Waals surface area contributed by atoms with Crippen LogP contribution in [0.25, 0.3) is 0 Å². The number of nitrogens with zero attached hydrogens (tertiary/aromatic N) is 2. The lowest BCUT2D eigenvalue weighted by Crippen LogP contribution is -2.58. The summed E-state index contributed by atoms with van der Waals surface area (Å²) in [7, 11) is -8.69. The van der Waals surface area contributed by atoms with E-state index >= 15 is 0 Å². The molecule has 1 aliphatic heterocycles. The van der Waals surface area contributed by atoms with Gasteiger partial charge in [0, 0.05) is 5.56 Å². The van der Waals surface area contributed by atoms with Gasteiger partial charge >= 0.3 is 5.97 Å². The fourth-order valence-electron chi connectivity index (χ4n) is 4.88. The number of benzene rings is 2. The number of amidine groups is 1. The molecule has 15 heteroatoms. The van der Waals surface area contributed by atoms with Gasteiger partial charge < -0.3 is 15.6 Å². The number of Topliss-reactive ketones (excluding diaryl/α,β-unsaturated/α-hetero) is 2. The van der Waals surface area contributed by atoms with Gasteiger partial charge in [-0.3, -0.25) is 18.7 Å². The van der Waals surface area contributed by atoms with E-state index in [9.17, 15) is 36.4 Å². The van der Waals surface area contributed by atoms with E-state index in [1.54, 1.807) is 18.2 Å². The van der Waals surface area contributed by atoms with E-state index in [1.807, 2.05) is 13.8 Å². The van der Waals surface area contributed by atoms with Crippen molar-refractivity contribution in [1.29, 1.82) is 0 Å². The Kier molecular flexibility index (Phi) is 7.62. The van der Waals surface area contributed by atoms with Gasteiger partial charge in [0.2, 0.25) is 10.0 Å². The number of sulfonamides is 2. The Morgan fingerprint density at radius 1 is 1.20 bits per heavy atom. The molecule has 0 saturated carbocycles. The molecule has 2 unspecified atom stereocenters. The molecule has 2 atom stereocenters. The highest BCUT2D eigenvalue weighted by Gasteiger charge is 2.54. The number of carboxylic acid groups (broad SMARTS) is 1. The number of anilines is 2. The van der Waals surface area contributed by atoms with Crippen molar-refractivity contribution in [3.8, 4) is 0 Å². The fourth-order valence-corrected chi connectivity index (χ4v) is 6.89. The molecule has 2 aromatic rings. The normalized spacial score (nSPS) is 21.7. The van der Waals surface area contributed by atoms with Crippen molar-refractivity contribution >= 4 is 54.8 Å². The number of hydrogen-bond acceptors (Lipinski definition) is 10. The second-order valence-corrected chi connectivity index (χ2v) is 13.6. The predicted molar refractivity (Wildman–Crippen MR) is 144 cm³/mol. The molecule has 0 radical (unpaired) electrons. The van der Waals surface area contributed by atoms with E-state index in [-0.39, 0.29) is 34.8 Å². The van der Waals surface area contributed by atoms with Crippen LogP contribution in [0, 0.1) is 11.8 Å². The number of hydrogen-bond donors (Lipinski definition) is 4. The zero-order valence-electron chi connectivity index (χ0n) is 21.8. The molecule has 2 aliphatic rings. The first-order valence-corrected chi connectivity index (χ1v) is 15.5. The first-order chi connectivity index (χ1) is 18.6. The first-order valence-electron chi connectivity index (χ1n) is 12.2. The van der Waals surface area contributed by atoms with E-state index in [4.69, 9.17) is 5.11 Å². The maximum atomic E-state index is 14.0. The van der Waals surface area contributed by atoms with E-state index in [1.165, 1.54) is 18.2 Å². The van der Waals surface area contributed by atoms with Crippen LogP contribution in [0.1, 0.15) is 42.6 Å². The summed E-state index contributed by atoms with van der Waals surface area (Å²) in [5.41, 5.74) is 0.475. The second kappa shape index (κ2) is 10.4. The van der Waals surface area contributed by atoms with Gasteiger partial charge in [0.15, 0.2) is 11.6 Å². The van der Waals surface area contributed by atoms with Crippen LogP contribution in [0.2, 0.25) is 0 Å². The lowest BCUT2D eigenvalue weighted by Gasteiger charge is -2.40. The van der Waals surface area contributed by atoms with Crippen LogP contribution >= 0.6 is 0 Å². The average Bonchev–Trinajstić information content (AvgIpc) is 2.86. The van der Waals surface area contributed by atoms with Crippen molar-refractivity contribution in [3.63, 3.8) is 0 Å². The third kappa shape index (κ3) is 5.12. The minimum atomic E-state index is -4.60. The minimum absolute atomic E-state index is 0.0956. The number of nitrogens with one attached hydrogen (secondary N) is 2. The third-order valence-electron chi connectivity index (χ3n) is 6.85. The highest BCUT2D eigenvalue weighted by molar-refractivity contribution is 7.92. The van der Waals surface area contributed by atoms with E-state index in [0.717, 1.165) is 12.3 Å². The van der Waals surface area contributed by atoms with Crippen LogP contribution in [0.15, 0.2) is 51.8 Å². The molecule has 1 aliphatic carbocycles. The lowest BCUT2D eigenvalue weighted by molar-refractivity contribution is -0.135. The molecule has 0 spiro atoms. The smallest absolute Gasteiger partial charge is 0.324 e. The molecule has 0 fully saturated rings. The summed E-state index contributed by atoms with van der Waals surface area (Å²) in [4.78, 5) is 38.3. The number of rotatable bonds is 9. The number of aliphatic carboxylic acids is 1. The number of hydroxylamine groups is 1. The minimum Gasteiger partial charge on any atom is -0.480 e. The Hall–Kier alpha value is -3.66. The summed E-state index contributed by atoms with van der Waals surface area (Å²) in [6.07, 6.45) is 1.38. The van der Waals surface area contributed by atoms with Gasteiger partial charge in [-0.2, -0.15) is 13.9 Å². The van der Waals surface area contributed by atoms with Crippen molar-refractivity contribution in [1.82, 2.24) is 5.48 Å². The van der Waals surface area contributed by atoms with E-state index < -0.39 is 66.3 Å². The summed E-state index contributed by atoms with van der Waals surface area (Å²) >= 11 is 0. The summed E-state index contributed by atoms with van der Waals surface area (Å²) in [5.74, 6) is -4.99. The molecular weight excluding hydrogens is 564 g/mol. The third-order valence-corrected chi connectivity index (χ3v) is 9.32. The molecule has 13 nitrogen and oxygen atoms in total. The van der Waals surface area contributed by atoms with Crippen LogP contribution in [-0.4, -0.2) is 63.3 Å². The highest BCUT2D eigenvalue weighted by Crippen LogP contribution is 2.41. The quantitative estimate of drug-likeness (QED) is 0.244. The van der Waals surface area contributed by atoms with Gasteiger partial charge in [-0.05, 0) is 42.5 Å². The zero-order chi connectivity index (χ0) is 29.6. The number of carbonyl (C=O) groups is 3. The second-order valence-electron chi connectivity index (χ2n) is 10.1. The van der Waals surface area contributed by atoms with Crippen LogP contribution in [0.3, 0.4) is 0 Å². The average molecular weight is 593 g/mol. The van der Waals surface area contributed by atoms with Gasteiger partial charge in [-0.15, -0.1) is 4.40 Å². The Labute approximate surface area is 231 Å². The molecule has 0 bridgehead atoms. The topological polar surface area (TPSA) is 200 Å². The standard InChI is InChI=1S/C25H28N4O9S2/c1-14(2)10-11-25(28-34)17-7-5-4-6-16(17)22(32)21(23(25)33)24-26-18-9-8-15(12-19(18)40(37,38)27-24)29(13-20(30)31)39(3,35)36/h4-9,12,14,21,28,34H,10-11,13H2,1-3H3,(H,26,27)(H,30,31). The molecule has 2 aromatic carbocycles. The number of carboxylic acids is 1. The fraction of sp³-hybridized carbons (Fsp3) is 0.360. The summed E-state index contributed by atoms with van der Waals surface area (Å²) < 4.78 is 55.2. The van der Waals surface area contributed by atoms with Crippen molar-refractivity contribution in [2.75, 3.05) is 22.4 Å².